The Morgan fingerprint density at radius 3 is 2.73 bits per heavy atom. The van der Waals surface area contributed by atoms with Crippen LogP contribution in [0, 0.1) is 5.82 Å². The molecule has 26 heavy (non-hydrogen) atoms. The van der Waals surface area contributed by atoms with Crippen LogP contribution in [-0.2, 0) is 11.3 Å². The number of rotatable bonds is 5. The zero-order chi connectivity index (χ0) is 18.5. The van der Waals surface area contributed by atoms with E-state index in [0.717, 1.165) is 0 Å². The number of ether oxygens (including phenoxy) is 2. The van der Waals surface area contributed by atoms with E-state index in [1.165, 1.54) is 6.07 Å². The van der Waals surface area contributed by atoms with Crippen molar-refractivity contribution in [3.05, 3.63) is 57.8 Å². The van der Waals surface area contributed by atoms with E-state index >= 15 is 0 Å². The molecule has 1 fully saturated rings. The van der Waals surface area contributed by atoms with E-state index in [4.69, 9.17) is 9.47 Å². The Kier molecular flexibility index (Phi) is 6.11. The van der Waals surface area contributed by atoms with Crippen LogP contribution in [0.2, 0.25) is 0 Å². The monoisotopic (exact) mass is 422 g/mol. The van der Waals surface area contributed by atoms with Gasteiger partial charge in [-0.1, -0.05) is 22.0 Å². The molecule has 1 aliphatic rings. The largest absolute Gasteiger partial charge is 0.495 e. The average Bonchev–Trinajstić information content (AvgIpc) is 2.67. The summed E-state index contributed by atoms with van der Waals surface area (Å²) in [6, 6.07) is 10.1. The number of hydrogen-bond donors (Lipinski definition) is 1. The number of morpholine rings is 1. The molecule has 1 heterocycles. The SMILES string of the molecule is COc1ccc(C(=O)N2CCOCC2)cc1NCc1ccc(Br)cc1F. The number of hydrogen-bond acceptors (Lipinski definition) is 4. The Labute approximate surface area is 160 Å². The Balaban J connectivity index is 1.77. The Morgan fingerprint density at radius 2 is 2.04 bits per heavy atom. The molecule has 138 valence electrons. The third-order valence-electron chi connectivity index (χ3n) is 4.23. The second-order valence-corrected chi connectivity index (χ2v) is 6.82. The zero-order valence-electron chi connectivity index (χ0n) is 14.4. The molecule has 1 amide bonds. The van der Waals surface area contributed by atoms with Gasteiger partial charge in [-0.2, -0.15) is 0 Å². The predicted octanol–water partition coefficient (Wildman–Crippen LogP) is 3.68. The van der Waals surface area contributed by atoms with E-state index in [0.29, 0.717) is 53.3 Å². The van der Waals surface area contributed by atoms with Crippen molar-refractivity contribution in [3.8, 4) is 5.75 Å². The van der Waals surface area contributed by atoms with E-state index in [1.807, 2.05) is 0 Å². The van der Waals surface area contributed by atoms with Gasteiger partial charge in [-0.15, -0.1) is 0 Å². The first-order chi connectivity index (χ1) is 12.6. The molecule has 7 heteroatoms. The molecule has 0 aromatic heterocycles. The summed E-state index contributed by atoms with van der Waals surface area (Å²) < 4.78 is 25.3. The molecule has 1 aliphatic heterocycles. The minimum Gasteiger partial charge on any atom is -0.495 e. The smallest absolute Gasteiger partial charge is 0.254 e. The lowest BCUT2D eigenvalue weighted by Crippen LogP contribution is -2.40. The number of anilines is 1. The maximum atomic E-state index is 14.0. The van der Waals surface area contributed by atoms with E-state index in [9.17, 15) is 9.18 Å². The Hall–Kier alpha value is -2.12. The van der Waals surface area contributed by atoms with Crippen molar-refractivity contribution >= 4 is 27.5 Å². The van der Waals surface area contributed by atoms with Gasteiger partial charge >= 0.3 is 0 Å². The lowest BCUT2D eigenvalue weighted by atomic mass is 10.1. The summed E-state index contributed by atoms with van der Waals surface area (Å²) in [5, 5.41) is 3.16. The topological polar surface area (TPSA) is 50.8 Å². The van der Waals surface area contributed by atoms with Gasteiger partial charge in [-0.25, -0.2) is 4.39 Å². The van der Waals surface area contributed by atoms with Crippen molar-refractivity contribution in [1.29, 1.82) is 0 Å². The summed E-state index contributed by atoms with van der Waals surface area (Å²) in [6.07, 6.45) is 0. The van der Waals surface area contributed by atoms with Crippen molar-refractivity contribution in [2.45, 2.75) is 6.54 Å². The number of halogens is 2. The number of amides is 1. The molecule has 1 N–H and O–H groups in total. The van der Waals surface area contributed by atoms with Crippen LogP contribution >= 0.6 is 15.9 Å². The van der Waals surface area contributed by atoms with Crippen LogP contribution in [0.25, 0.3) is 0 Å². The fraction of sp³-hybridized carbons (Fsp3) is 0.316. The van der Waals surface area contributed by atoms with E-state index < -0.39 is 0 Å². The highest BCUT2D eigenvalue weighted by Crippen LogP contribution is 2.27. The van der Waals surface area contributed by atoms with E-state index in [2.05, 4.69) is 21.2 Å². The molecule has 3 rings (SSSR count). The van der Waals surface area contributed by atoms with Gasteiger partial charge in [0.15, 0.2) is 0 Å². The molecule has 2 aromatic carbocycles. The highest BCUT2D eigenvalue weighted by Gasteiger charge is 2.19. The second kappa shape index (κ2) is 8.51. The molecule has 0 radical (unpaired) electrons. The minimum absolute atomic E-state index is 0.0474. The standard InChI is InChI=1S/C19H20BrFN2O3/c1-25-18-5-3-13(19(24)23-6-8-26-9-7-23)10-17(18)22-12-14-2-4-15(20)11-16(14)21/h2-5,10-11,22H,6-9,12H2,1H3. The predicted molar refractivity (Wildman–Crippen MR) is 101 cm³/mol. The quantitative estimate of drug-likeness (QED) is 0.798. The lowest BCUT2D eigenvalue weighted by molar-refractivity contribution is 0.0303. The number of benzene rings is 2. The third kappa shape index (κ3) is 4.34. The van der Waals surface area contributed by atoms with E-state index in [1.54, 1.807) is 42.3 Å². The molecule has 0 saturated carbocycles. The van der Waals surface area contributed by atoms with Gasteiger partial charge in [-0.3, -0.25) is 4.79 Å². The molecule has 0 atom stereocenters. The molecule has 5 nitrogen and oxygen atoms in total. The van der Waals surface area contributed by atoms with Crippen molar-refractivity contribution < 1.29 is 18.7 Å². The van der Waals surface area contributed by atoms with Gasteiger partial charge in [-0.05, 0) is 30.3 Å². The Bertz CT molecular complexity index is 794. The van der Waals surface area contributed by atoms with Crippen LogP contribution in [0.15, 0.2) is 40.9 Å². The van der Waals surface area contributed by atoms with Gasteiger partial charge in [0.05, 0.1) is 26.0 Å². The highest BCUT2D eigenvalue weighted by atomic mass is 79.9. The summed E-state index contributed by atoms with van der Waals surface area (Å²) in [5.74, 6) is 0.251. The molecule has 0 bridgehead atoms. The van der Waals surface area contributed by atoms with Gasteiger partial charge in [0.2, 0.25) is 0 Å². The molecular weight excluding hydrogens is 403 g/mol. The summed E-state index contributed by atoms with van der Waals surface area (Å²) in [7, 11) is 1.56. The molecule has 0 spiro atoms. The fourth-order valence-corrected chi connectivity index (χ4v) is 3.12. The summed E-state index contributed by atoms with van der Waals surface area (Å²) in [6.45, 7) is 2.55. The summed E-state index contributed by atoms with van der Waals surface area (Å²) in [5.41, 5.74) is 1.74. The first-order valence-electron chi connectivity index (χ1n) is 8.31. The van der Waals surface area contributed by atoms with Crippen LogP contribution < -0.4 is 10.1 Å². The zero-order valence-corrected chi connectivity index (χ0v) is 16.0. The van der Waals surface area contributed by atoms with Gasteiger partial charge in [0.25, 0.3) is 5.91 Å². The molecule has 2 aromatic rings. The summed E-state index contributed by atoms with van der Waals surface area (Å²) in [4.78, 5) is 14.4. The lowest BCUT2D eigenvalue weighted by Gasteiger charge is -2.27. The maximum absolute atomic E-state index is 14.0. The minimum atomic E-state index is -0.300. The Morgan fingerprint density at radius 1 is 1.27 bits per heavy atom. The first kappa shape index (κ1) is 18.7. The molecule has 0 unspecified atom stereocenters. The van der Waals surface area contributed by atoms with Crippen LogP contribution in [0.4, 0.5) is 10.1 Å². The van der Waals surface area contributed by atoms with Crippen molar-refractivity contribution in [1.82, 2.24) is 4.90 Å². The number of nitrogens with one attached hydrogen (secondary N) is 1. The van der Waals surface area contributed by atoms with Gasteiger partial charge < -0.3 is 19.7 Å². The molecular formula is C19H20BrFN2O3. The number of methoxy groups -OCH3 is 1. The average molecular weight is 423 g/mol. The number of carbonyl (C=O) groups excluding carboxylic acids is 1. The van der Waals surface area contributed by atoms with Crippen molar-refractivity contribution in [2.24, 2.45) is 0 Å². The van der Waals surface area contributed by atoms with Gasteiger partial charge in [0.1, 0.15) is 11.6 Å². The van der Waals surface area contributed by atoms with Gasteiger partial charge in [0, 0.05) is 35.2 Å². The van der Waals surface area contributed by atoms with Crippen LogP contribution in [0.5, 0.6) is 5.75 Å². The fourth-order valence-electron chi connectivity index (χ4n) is 2.78. The molecule has 0 aliphatic carbocycles. The number of carbonyl (C=O) groups is 1. The molecule has 1 saturated heterocycles. The second-order valence-electron chi connectivity index (χ2n) is 5.91. The van der Waals surface area contributed by atoms with Crippen LogP contribution in [0.1, 0.15) is 15.9 Å². The number of nitrogens with zero attached hydrogens (tertiary/aromatic N) is 1. The highest BCUT2D eigenvalue weighted by molar-refractivity contribution is 9.10. The first-order valence-corrected chi connectivity index (χ1v) is 9.10. The van der Waals surface area contributed by atoms with Crippen LogP contribution in [0.3, 0.4) is 0 Å². The summed E-state index contributed by atoms with van der Waals surface area (Å²) >= 11 is 3.25. The van der Waals surface area contributed by atoms with Crippen molar-refractivity contribution in [3.63, 3.8) is 0 Å². The maximum Gasteiger partial charge on any atom is 0.254 e. The third-order valence-corrected chi connectivity index (χ3v) is 4.72. The van der Waals surface area contributed by atoms with E-state index in [-0.39, 0.29) is 18.3 Å². The van der Waals surface area contributed by atoms with Crippen molar-refractivity contribution in [2.75, 3.05) is 38.7 Å². The normalized spacial score (nSPS) is 14.2. The van der Waals surface area contributed by atoms with Crippen LogP contribution in [-0.4, -0.2) is 44.2 Å².